The summed E-state index contributed by atoms with van der Waals surface area (Å²) in [6.07, 6.45) is 0.491. The molecule has 0 radical (unpaired) electrons. The van der Waals surface area contributed by atoms with Crippen LogP contribution in [0.25, 0.3) is 0 Å². The lowest BCUT2D eigenvalue weighted by Crippen LogP contribution is -2.38. The van der Waals surface area contributed by atoms with Crippen molar-refractivity contribution < 1.29 is 14.6 Å². The minimum absolute atomic E-state index is 0.0292. The monoisotopic (exact) mass is 321 g/mol. The molecule has 1 aromatic rings. The molecule has 4 nitrogen and oxygen atoms in total. The van der Waals surface area contributed by atoms with Gasteiger partial charge in [0.1, 0.15) is 0 Å². The van der Waals surface area contributed by atoms with Crippen molar-refractivity contribution in [2.75, 3.05) is 20.3 Å². The Bertz CT molecular complexity index is 355. The van der Waals surface area contributed by atoms with E-state index in [0.717, 1.165) is 9.35 Å². The fourth-order valence-electron chi connectivity index (χ4n) is 1.38. The molecule has 0 aromatic carbocycles. The number of methoxy groups -OCH3 is 1. The van der Waals surface area contributed by atoms with Crippen LogP contribution in [0.2, 0.25) is 0 Å². The lowest BCUT2D eigenvalue weighted by molar-refractivity contribution is 0.0882. The van der Waals surface area contributed by atoms with E-state index in [2.05, 4.69) is 21.2 Å². The highest BCUT2D eigenvalue weighted by molar-refractivity contribution is 9.11. The van der Waals surface area contributed by atoms with Gasteiger partial charge >= 0.3 is 0 Å². The van der Waals surface area contributed by atoms with Crippen LogP contribution < -0.4 is 5.32 Å². The molecule has 1 heterocycles. The Labute approximate surface area is 113 Å². The van der Waals surface area contributed by atoms with E-state index in [-0.39, 0.29) is 18.6 Å². The molecule has 6 heteroatoms. The van der Waals surface area contributed by atoms with Crippen molar-refractivity contribution in [1.29, 1.82) is 0 Å². The molecule has 1 aromatic heterocycles. The molecular weight excluding hydrogens is 306 g/mol. The number of aliphatic hydroxyl groups excluding tert-OH is 1. The number of nitrogens with one attached hydrogen (secondary N) is 1. The van der Waals surface area contributed by atoms with Crippen LogP contribution in [-0.4, -0.2) is 37.4 Å². The predicted molar refractivity (Wildman–Crippen MR) is 71.6 cm³/mol. The van der Waals surface area contributed by atoms with Gasteiger partial charge in [0.2, 0.25) is 0 Å². The first-order valence-electron chi connectivity index (χ1n) is 5.25. The minimum Gasteiger partial charge on any atom is -0.396 e. The van der Waals surface area contributed by atoms with Gasteiger partial charge in [-0.05, 0) is 40.9 Å². The van der Waals surface area contributed by atoms with Crippen LogP contribution in [0.15, 0.2) is 9.85 Å². The van der Waals surface area contributed by atoms with E-state index in [1.54, 1.807) is 7.11 Å². The van der Waals surface area contributed by atoms with Crippen molar-refractivity contribution in [2.24, 2.45) is 0 Å². The highest BCUT2D eigenvalue weighted by atomic mass is 79.9. The lowest BCUT2D eigenvalue weighted by Gasteiger charge is -2.16. The summed E-state index contributed by atoms with van der Waals surface area (Å²) < 4.78 is 5.96. The highest BCUT2D eigenvalue weighted by Crippen LogP contribution is 2.27. The van der Waals surface area contributed by atoms with E-state index in [1.165, 1.54) is 11.3 Å². The van der Waals surface area contributed by atoms with Gasteiger partial charge in [-0.25, -0.2) is 0 Å². The average Bonchev–Trinajstić information content (AvgIpc) is 2.60. The second-order valence-electron chi connectivity index (χ2n) is 3.71. The molecule has 1 atom stereocenters. The molecule has 1 amide bonds. The zero-order chi connectivity index (χ0) is 12.8. The third-order valence-corrected chi connectivity index (χ3v) is 4.40. The number of aliphatic hydroxyl groups is 1. The molecule has 0 spiro atoms. The fourth-order valence-corrected chi connectivity index (χ4v) is 2.82. The van der Waals surface area contributed by atoms with Gasteiger partial charge in [-0.15, -0.1) is 11.3 Å². The van der Waals surface area contributed by atoms with E-state index in [1.807, 2.05) is 13.0 Å². The number of amides is 1. The number of carbonyl (C=O) groups excluding carboxylic acids is 1. The smallest absolute Gasteiger partial charge is 0.261 e. The van der Waals surface area contributed by atoms with E-state index in [4.69, 9.17) is 9.84 Å². The zero-order valence-corrected chi connectivity index (χ0v) is 12.2. The van der Waals surface area contributed by atoms with Gasteiger partial charge < -0.3 is 15.2 Å². The first kappa shape index (κ1) is 14.6. The van der Waals surface area contributed by atoms with E-state index in [9.17, 15) is 4.79 Å². The molecule has 0 saturated carbocycles. The summed E-state index contributed by atoms with van der Waals surface area (Å²) in [5.74, 6) is -0.126. The number of hydrogen-bond donors (Lipinski definition) is 2. The largest absolute Gasteiger partial charge is 0.396 e. The number of halogens is 1. The molecule has 1 rings (SSSR count). The standard InChI is InChI=1S/C11H16BrNO3S/c1-7-5-9(17-10(7)12)11(15)13-8(3-4-14)6-16-2/h5,8,14H,3-4,6H2,1-2H3,(H,13,15). The van der Waals surface area contributed by atoms with Crippen molar-refractivity contribution in [3.05, 3.63) is 20.3 Å². The third kappa shape index (κ3) is 4.39. The molecule has 96 valence electrons. The Hall–Kier alpha value is -0.430. The minimum atomic E-state index is -0.154. The van der Waals surface area contributed by atoms with E-state index < -0.39 is 0 Å². The number of hydrogen-bond acceptors (Lipinski definition) is 4. The molecule has 0 aliphatic heterocycles. The molecule has 2 N–H and O–H groups in total. The topological polar surface area (TPSA) is 58.6 Å². The number of thiophene rings is 1. The van der Waals surface area contributed by atoms with Crippen LogP contribution in [0.3, 0.4) is 0 Å². The van der Waals surface area contributed by atoms with Crippen LogP contribution in [-0.2, 0) is 4.74 Å². The van der Waals surface area contributed by atoms with Gasteiger partial charge in [0.15, 0.2) is 0 Å². The Morgan fingerprint density at radius 1 is 1.71 bits per heavy atom. The van der Waals surface area contributed by atoms with Gasteiger partial charge in [0, 0.05) is 13.7 Å². The lowest BCUT2D eigenvalue weighted by atomic mass is 10.2. The number of rotatable bonds is 6. The Morgan fingerprint density at radius 2 is 2.41 bits per heavy atom. The summed E-state index contributed by atoms with van der Waals surface area (Å²) in [6, 6.07) is 1.69. The predicted octanol–water partition coefficient (Wildman–Crippen LogP) is 1.95. The van der Waals surface area contributed by atoms with Crippen LogP contribution in [0.5, 0.6) is 0 Å². The molecule has 1 unspecified atom stereocenters. The van der Waals surface area contributed by atoms with Crippen molar-refractivity contribution in [2.45, 2.75) is 19.4 Å². The quantitative estimate of drug-likeness (QED) is 0.842. The first-order chi connectivity index (χ1) is 8.08. The van der Waals surface area contributed by atoms with Crippen molar-refractivity contribution in [3.8, 4) is 0 Å². The number of carbonyl (C=O) groups is 1. The summed E-state index contributed by atoms with van der Waals surface area (Å²) in [4.78, 5) is 12.6. The van der Waals surface area contributed by atoms with Crippen molar-refractivity contribution >= 4 is 33.2 Å². The van der Waals surface area contributed by atoms with Crippen molar-refractivity contribution in [3.63, 3.8) is 0 Å². The van der Waals surface area contributed by atoms with Crippen LogP contribution in [0.4, 0.5) is 0 Å². The number of aryl methyl sites for hydroxylation is 1. The molecule has 0 bridgehead atoms. The van der Waals surface area contributed by atoms with Gasteiger partial charge in [-0.3, -0.25) is 4.79 Å². The fraction of sp³-hybridized carbons (Fsp3) is 0.545. The zero-order valence-electron chi connectivity index (χ0n) is 9.83. The maximum Gasteiger partial charge on any atom is 0.261 e. The molecular formula is C11H16BrNO3S. The summed E-state index contributed by atoms with van der Waals surface area (Å²) in [6.45, 7) is 2.37. The number of ether oxygens (including phenoxy) is 1. The first-order valence-corrected chi connectivity index (χ1v) is 6.86. The summed E-state index contributed by atoms with van der Waals surface area (Å²) >= 11 is 4.79. The maximum atomic E-state index is 11.9. The average molecular weight is 322 g/mol. The second kappa shape index (κ2) is 7.10. The van der Waals surface area contributed by atoms with E-state index >= 15 is 0 Å². The molecule has 0 fully saturated rings. The molecule has 17 heavy (non-hydrogen) atoms. The van der Waals surface area contributed by atoms with E-state index in [0.29, 0.717) is 17.9 Å². The summed E-state index contributed by atoms with van der Waals surface area (Å²) in [7, 11) is 1.57. The third-order valence-electron chi connectivity index (χ3n) is 2.26. The highest BCUT2D eigenvalue weighted by Gasteiger charge is 2.15. The Morgan fingerprint density at radius 3 is 2.88 bits per heavy atom. The Kier molecular flexibility index (Phi) is 6.11. The summed E-state index contributed by atoms with van der Waals surface area (Å²) in [5.41, 5.74) is 1.05. The van der Waals surface area contributed by atoms with Gasteiger partial charge in [-0.2, -0.15) is 0 Å². The maximum absolute atomic E-state index is 11.9. The Balaban J connectivity index is 2.63. The molecule has 0 saturated heterocycles. The van der Waals surface area contributed by atoms with Gasteiger partial charge in [0.25, 0.3) is 5.91 Å². The SMILES string of the molecule is COCC(CCO)NC(=O)c1cc(C)c(Br)s1. The van der Waals surface area contributed by atoms with Crippen LogP contribution >= 0.6 is 27.3 Å². The molecule has 0 aliphatic carbocycles. The van der Waals surface area contributed by atoms with Crippen LogP contribution in [0, 0.1) is 6.92 Å². The van der Waals surface area contributed by atoms with Gasteiger partial charge in [-0.1, -0.05) is 0 Å². The second-order valence-corrected chi connectivity index (χ2v) is 6.08. The summed E-state index contributed by atoms with van der Waals surface area (Å²) in [5, 5.41) is 11.7. The van der Waals surface area contributed by atoms with Crippen molar-refractivity contribution in [1.82, 2.24) is 5.32 Å². The normalized spacial score (nSPS) is 12.5. The molecule has 0 aliphatic rings. The van der Waals surface area contributed by atoms with Crippen LogP contribution in [0.1, 0.15) is 21.7 Å². The van der Waals surface area contributed by atoms with Gasteiger partial charge in [0.05, 0.1) is 21.3 Å².